The first-order chi connectivity index (χ1) is 17.7. The van der Waals surface area contributed by atoms with Crippen molar-refractivity contribution < 1.29 is 55.7 Å². The highest BCUT2D eigenvalue weighted by molar-refractivity contribution is 5.76. The number of carboxylic acid groups (broad SMARTS) is 2. The van der Waals surface area contributed by atoms with Gasteiger partial charge >= 0.3 is 24.3 Å². The van der Waals surface area contributed by atoms with Gasteiger partial charge in [0.05, 0.1) is 19.1 Å². The molecule has 3 atom stereocenters. The van der Waals surface area contributed by atoms with Gasteiger partial charge < -0.3 is 25.2 Å². The van der Waals surface area contributed by atoms with Crippen LogP contribution in [0.5, 0.6) is 0 Å². The van der Waals surface area contributed by atoms with Crippen molar-refractivity contribution in [3.63, 3.8) is 0 Å². The smallest absolute Gasteiger partial charge is 0.475 e. The van der Waals surface area contributed by atoms with Gasteiger partial charge in [-0.1, -0.05) is 6.07 Å². The van der Waals surface area contributed by atoms with Crippen LogP contribution in [0.3, 0.4) is 0 Å². The number of halogens is 6. The van der Waals surface area contributed by atoms with Crippen LogP contribution in [0.2, 0.25) is 0 Å². The molecule has 1 aromatic rings. The second-order valence-corrected chi connectivity index (χ2v) is 9.24. The summed E-state index contributed by atoms with van der Waals surface area (Å²) in [4.78, 5) is 36.7. The number of likely N-dealkylation sites (tertiary alicyclic amines) is 1. The molecular formula is C23H29F6N3O6. The number of fused-ring (bicyclic) bond motifs is 1. The number of nitrogens with one attached hydrogen (secondary N) is 1. The summed E-state index contributed by atoms with van der Waals surface area (Å²) in [5, 5.41) is 17.2. The SMILES string of the molecule is O=C(C[C@@H]1OC[C@H]2CN(CC3CC3)CC[C@H]21)NCc1cccnc1.O=C(O)C(F)(F)F.O=C(O)C(F)(F)F. The Labute approximate surface area is 214 Å². The Kier molecular flexibility index (Phi) is 11.3. The van der Waals surface area contributed by atoms with Crippen molar-refractivity contribution in [2.24, 2.45) is 17.8 Å². The van der Waals surface area contributed by atoms with Gasteiger partial charge in [-0.3, -0.25) is 9.78 Å². The highest BCUT2D eigenvalue weighted by Gasteiger charge is 2.42. The highest BCUT2D eigenvalue weighted by Crippen LogP contribution is 2.38. The van der Waals surface area contributed by atoms with Crippen molar-refractivity contribution in [2.45, 2.75) is 50.7 Å². The molecule has 9 nitrogen and oxygen atoms in total. The molecule has 1 aromatic heterocycles. The molecule has 4 rings (SSSR count). The van der Waals surface area contributed by atoms with Crippen LogP contribution in [0.15, 0.2) is 24.5 Å². The zero-order valence-corrected chi connectivity index (χ0v) is 20.2. The topological polar surface area (TPSA) is 129 Å². The fourth-order valence-corrected chi connectivity index (χ4v) is 4.16. The van der Waals surface area contributed by atoms with E-state index in [1.807, 2.05) is 12.1 Å². The minimum absolute atomic E-state index is 0.0879. The van der Waals surface area contributed by atoms with Crippen LogP contribution in [-0.2, 0) is 25.7 Å². The highest BCUT2D eigenvalue weighted by atomic mass is 19.4. The van der Waals surface area contributed by atoms with Gasteiger partial charge in [0.2, 0.25) is 5.91 Å². The first kappa shape index (κ1) is 31.3. The fraction of sp³-hybridized carbons (Fsp3) is 0.652. The Morgan fingerprint density at radius 1 is 1.05 bits per heavy atom. The number of rotatable bonds is 6. The molecule has 38 heavy (non-hydrogen) atoms. The van der Waals surface area contributed by atoms with E-state index in [-0.39, 0.29) is 12.0 Å². The third kappa shape index (κ3) is 11.2. The van der Waals surface area contributed by atoms with E-state index < -0.39 is 24.3 Å². The lowest BCUT2D eigenvalue weighted by atomic mass is 9.83. The van der Waals surface area contributed by atoms with Gasteiger partial charge in [0, 0.05) is 37.9 Å². The van der Waals surface area contributed by atoms with E-state index in [0.29, 0.717) is 24.8 Å². The van der Waals surface area contributed by atoms with Crippen LogP contribution in [0.4, 0.5) is 26.3 Å². The van der Waals surface area contributed by atoms with Crippen LogP contribution in [0.1, 0.15) is 31.2 Å². The average Bonchev–Trinajstić information content (AvgIpc) is 3.56. The zero-order valence-electron chi connectivity index (χ0n) is 20.2. The fourth-order valence-electron chi connectivity index (χ4n) is 4.16. The number of pyridine rings is 1. The molecular weight excluding hydrogens is 528 g/mol. The van der Waals surface area contributed by atoms with Gasteiger partial charge in [0.1, 0.15) is 0 Å². The van der Waals surface area contributed by atoms with E-state index in [4.69, 9.17) is 24.5 Å². The van der Waals surface area contributed by atoms with Crippen LogP contribution >= 0.6 is 0 Å². The summed E-state index contributed by atoms with van der Waals surface area (Å²) in [7, 11) is 0. The first-order valence-electron chi connectivity index (χ1n) is 11.8. The second-order valence-electron chi connectivity index (χ2n) is 9.24. The lowest BCUT2D eigenvalue weighted by Gasteiger charge is -2.35. The van der Waals surface area contributed by atoms with Crippen LogP contribution in [-0.4, -0.2) is 82.6 Å². The van der Waals surface area contributed by atoms with Crippen LogP contribution in [0.25, 0.3) is 0 Å². The number of ether oxygens (including phenoxy) is 1. The Hall–Kier alpha value is -2.94. The maximum Gasteiger partial charge on any atom is 0.490 e. The predicted molar refractivity (Wildman–Crippen MR) is 119 cm³/mol. The lowest BCUT2D eigenvalue weighted by molar-refractivity contribution is -0.193. The van der Waals surface area contributed by atoms with Crippen molar-refractivity contribution >= 4 is 17.8 Å². The normalized spacial score (nSPS) is 23.2. The number of carbonyl (C=O) groups is 3. The number of nitrogens with zero attached hydrogens (tertiary/aromatic N) is 2. The number of amides is 1. The molecule has 1 amide bonds. The third-order valence-electron chi connectivity index (χ3n) is 6.18. The van der Waals surface area contributed by atoms with Crippen LogP contribution in [0, 0.1) is 17.8 Å². The molecule has 2 saturated heterocycles. The number of piperidine rings is 1. The number of aromatic nitrogens is 1. The molecule has 0 spiro atoms. The van der Waals surface area contributed by atoms with Crippen molar-refractivity contribution in [1.82, 2.24) is 15.2 Å². The number of carbonyl (C=O) groups excluding carboxylic acids is 1. The van der Waals surface area contributed by atoms with Gasteiger partial charge in [-0.25, -0.2) is 9.59 Å². The summed E-state index contributed by atoms with van der Waals surface area (Å²) in [6.07, 6.45) is -2.03. The van der Waals surface area contributed by atoms with E-state index in [1.165, 1.54) is 32.4 Å². The summed E-state index contributed by atoms with van der Waals surface area (Å²) in [6, 6.07) is 3.87. The molecule has 3 N–H and O–H groups in total. The summed E-state index contributed by atoms with van der Waals surface area (Å²) < 4.78 is 69.5. The summed E-state index contributed by atoms with van der Waals surface area (Å²) >= 11 is 0. The molecule has 3 aliphatic rings. The summed E-state index contributed by atoms with van der Waals surface area (Å²) in [6.45, 7) is 4.98. The first-order valence-corrected chi connectivity index (χ1v) is 11.8. The minimum Gasteiger partial charge on any atom is -0.475 e. The predicted octanol–water partition coefficient (Wildman–Crippen LogP) is 3.10. The molecule has 0 aromatic carbocycles. The molecule has 15 heteroatoms. The van der Waals surface area contributed by atoms with Crippen molar-refractivity contribution in [3.8, 4) is 0 Å². The van der Waals surface area contributed by atoms with Crippen molar-refractivity contribution in [2.75, 3.05) is 26.2 Å². The lowest BCUT2D eigenvalue weighted by Crippen LogP contribution is -2.43. The Morgan fingerprint density at radius 2 is 1.66 bits per heavy atom. The van der Waals surface area contributed by atoms with Crippen molar-refractivity contribution in [3.05, 3.63) is 30.1 Å². The Bertz CT molecular complexity index is 902. The molecule has 3 heterocycles. The van der Waals surface area contributed by atoms with Gasteiger partial charge in [-0.2, -0.15) is 26.3 Å². The van der Waals surface area contributed by atoms with E-state index in [0.717, 1.165) is 24.6 Å². The van der Waals surface area contributed by atoms with E-state index >= 15 is 0 Å². The quantitative estimate of drug-likeness (QED) is 0.456. The molecule has 0 radical (unpaired) electrons. The van der Waals surface area contributed by atoms with E-state index in [1.54, 1.807) is 12.4 Å². The standard InChI is InChI=1S/C19H27N3O2.2C2HF3O2/c23-19(21-10-15-2-1-6-20-9-15)8-18-17-5-7-22(11-14-3-4-14)12-16(17)13-24-18;2*3-2(4,5)1(6)7/h1-2,6,9,14,16-18H,3-5,7-8,10-13H2,(H,21,23);2*(H,6,7)/t16-,17-,18+;;/m1../s1. The number of alkyl halides is 6. The Morgan fingerprint density at radius 3 is 2.16 bits per heavy atom. The summed E-state index contributed by atoms with van der Waals surface area (Å²) in [5.74, 6) is -3.29. The Balaban J connectivity index is 0.000000301. The molecule has 0 unspecified atom stereocenters. The molecule has 3 fully saturated rings. The molecule has 214 valence electrons. The largest absolute Gasteiger partial charge is 0.490 e. The monoisotopic (exact) mass is 557 g/mol. The number of aliphatic carboxylic acids is 2. The van der Waals surface area contributed by atoms with Crippen molar-refractivity contribution in [1.29, 1.82) is 0 Å². The maximum atomic E-state index is 12.2. The molecule has 2 aliphatic heterocycles. The number of hydrogen-bond acceptors (Lipinski definition) is 6. The third-order valence-corrected chi connectivity index (χ3v) is 6.18. The minimum atomic E-state index is -5.08. The van der Waals surface area contributed by atoms with Gasteiger partial charge in [-0.15, -0.1) is 0 Å². The second kappa shape index (κ2) is 13.7. The average molecular weight is 557 g/mol. The summed E-state index contributed by atoms with van der Waals surface area (Å²) in [5.41, 5.74) is 1.03. The number of hydrogen-bond donors (Lipinski definition) is 3. The van der Waals surface area contributed by atoms with Crippen LogP contribution < -0.4 is 5.32 Å². The van der Waals surface area contributed by atoms with Gasteiger partial charge in [0.25, 0.3) is 0 Å². The molecule has 1 saturated carbocycles. The van der Waals surface area contributed by atoms with Gasteiger partial charge in [0.15, 0.2) is 0 Å². The van der Waals surface area contributed by atoms with Gasteiger partial charge in [-0.05, 0) is 49.3 Å². The van der Waals surface area contributed by atoms with E-state index in [9.17, 15) is 31.1 Å². The van der Waals surface area contributed by atoms with E-state index in [2.05, 4.69) is 15.2 Å². The molecule has 0 bridgehead atoms. The zero-order chi connectivity index (χ0) is 28.5. The molecule has 1 aliphatic carbocycles. The maximum absolute atomic E-state index is 12.2. The number of carboxylic acids is 2.